The molecule has 4 rings (SSSR count). The molecule has 0 bridgehead atoms. The fraction of sp³-hybridized carbons (Fsp3) is 0.556. The minimum absolute atomic E-state index is 0.243. The lowest BCUT2D eigenvalue weighted by molar-refractivity contribution is -0.130. The van der Waals surface area contributed by atoms with Gasteiger partial charge in [-0.2, -0.15) is 0 Å². The van der Waals surface area contributed by atoms with E-state index in [0.29, 0.717) is 35.8 Å². The summed E-state index contributed by atoms with van der Waals surface area (Å²) in [5.74, 6) is 0.00572. The highest BCUT2D eigenvalue weighted by molar-refractivity contribution is 5.85. The number of esters is 2. The fourth-order valence-corrected chi connectivity index (χ4v) is 10.1. The first-order chi connectivity index (χ1) is 37.4. The Kier molecular flexibility index (Phi) is 21.1. The minimum Gasteiger partial charge on any atom is -0.428 e. The van der Waals surface area contributed by atoms with Crippen molar-refractivity contribution >= 4 is 24.2 Å². The standard InChI is InChI=1S/C72H102O10/c1-28-57(73)77-60-48(39-47-35-44(6)37-53(65(9,10)11)59(47)79-63(75)81-66(12,13)14)36-45(7)38-54(60)71(24,25)33-34-72(26,27)56-43-50(69(20,21)31-4)41-52(62(56)80-64(76)82-67(15,16)17)46(8)51-40-49(68(18,19)30-3)42-55(70(22,23)32-5)61(51)78-58(74)29-2/h28-29,35-38,40-43,46H,1-2,30-34,39H2,3-27H3. The smallest absolute Gasteiger partial charge is 0.428 e. The first kappa shape index (κ1) is 68.3. The summed E-state index contributed by atoms with van der Waals surface area (Å²) < 4.78 is 37.2. The molecule has 0 spiro atoms. The third-order valence-corrected chi connectivity index (χ3v) is 16.6. The van der Waals surface area contributed by atoms with Crippen molar-refractivity contribution in [2.75, 3.05) is 0 Å². The van der Waals surface area contributed by atoms with Gasteiger partial charge < -0.3 is 28.4 Å². The van der Waals surface area contributed by atoms with Crippen LogP contribution >= 0.6 is 0 Å². The Morgan fingerprint density at radius 2 is 0.768 bits per heavy atom. The van der Waals surface area contributed by atoms with E-state index in [-0.39, 0.29) is 17.3 Å². The van der Waals surface area contributed by atoms with E-state index in [1.807, 2.05) is 52.8 Å². The Morgan fingerprint density at radius 1 is 0.439 bits per heavy atom. The van der Waals surface area contributed by atoms with Gasteiger partial charge in [-0.3, -0.25) is 0 Å². The second-order valence-electron chi connectivity index (χ2n) is 29.0. The molecule has 4 aromatic carbocycles. The van der Waals surface area contributed by atoms with Gasteiger partial charge in [-0.05, 0) is 131 Å². The molecule has 0 amide bonds. The largest absolute Gasteiger partial charge is 0.514 e. The molecular formula is C72H102O10. The van der Waals surface area contributed by atoms with E-state index >= 15 is 0 Å². The third-order valence-electron chi connectivity index (χ3n) is 16.6. The molecule has 0 N–H and O–H groups in total. The van der Waals surface area contributed by atoms with Crippen LogP contribution in [0.2, 0.25) is 0 Å². The molecule has 450 valence electrons. The second kappa shape index (κ2) is 25.4. The number of carbonyl (C=O) groups excluding carboxylic acids is 4. The van der Waals surface area contributed by atoms with Crippen LogP contribution in [0.25, 0.3) is 0 Å². The van der Waals surface area contributed by atoms with Gasteiger partial charge in [0.25, 0.3) is 0 Å². The third kappa shape index (κ3) is 17.0. The van der Waals surface area contributed by atoms with Gasteiger partial charge >= 0.3 is 24.2 Å². The van der Waals surface area contributed by atoms with Gasteiger partial charge in [-0.25, -0.2) is 19.2 Å². The van der Waals surface area contributed by atoms with Crippen molar-refractivity contribution in [2.45, 2.75) is 261 Å². The summed E-state index contributed by atoms with van der Waals surface area (Å²) in [6.07, 6.45) is 4.58. The average Bonchev–Trinajstić information content (AvgIpc) is 3.40. The lowest BCUT2D eigenvalue weighted by Gasteiger charge is -2.37. The van der Waals surface area contributed by atoms with Gasteiger partial charge in [-0.1, -0.05) is 191 Å². The molecule has 0 saturated heterocycles. The summed E-state index contributed by atoms with van der Waals surface area (Å²) in [5.41, 5.74) is 6.10. The minimum atomic E-state index is -0.861. The Hall–Kier alpha value is -6.16. The molecule has 4 aromatic rings. The van der Waals surface area contributed by atoms with E-state index < -0.39 is 63.0 Å². The number of hydrogen-bond acceptors (Lipinski definition) is 10. The molecule has 0 aliphatic rings. The van der Waals surface area contributed by atoms with Crippen molar-refractivity contribution in [3.63, 3.8) is 0 Å². The molecule has 0 radical (unpaired) electrons. The molecule has 0 fully saturated rings. The van der Waals surface area contributed by atoms with Gasteiger partial charge in [0.05, 0.1) is 0 Å². The summed E-state index contributed by atoms with van der Waals surface area (Å²) in [6.45, 7) is 59.2. The van der Waals surface area contributed by atoms with Gasteiger partial charge in [0.1, 0.15) is 34.2 Å². The monoisotopic (exact) mass is 1130 g/mol. The van der Waals surface area contributed by atoms with Crippen molar-refractivity contribution in [2.24, 2.45) is 0 Å². The quantitative estimate of drug-likeness (QED) is 0.0345. The average molecular weight is 1130 g/mol. The molecule has 82 heavy (non-hydrogen) atoms. The molecule has 0 aliphatic heterocycles. The van der Waals surface area contributed by atoms with Gasteiger partial charge in [0.2, 0.25) is 0 Å². The zero-order chi connectivity index (χ0) is 62.7. The zero-order valence-electron chi connectivity index (χ0n) is 55.1. The lowest BCUT2D eigenvalue weighted by atomic mass is 9.69. The Morgan fingerprint density at radius 3 is 1.13 bits per heavy atom. The highest BCUT2D eigenvalue weighted by atomic mass is 16.7. The number of hydrogen-bond donors (Lipinski definition) is 0. The summed E-state index contributed by atoms with van der Waals surface area (Å²) in [5, 5.41) is 0. The predicted octanol–water partition coefficient (Wildman–Crippen LogP) is 19.3. The first-order valence-electron chi connectivity index (χ1n) is 29.5. The number of ether oxygens (including phenoxy) is 6. The van der Waals surface area contributed by atoms with Crippen molar-refractivity contribution in [3.8, 4) is 23.0 Å². The van der Waals surface area contributed by atoms with E-state index in [1.165, 1.54) is 12.2 Å². The molecule has 0 aliphatic carbocycles. The molecule has 1 atom stereocenters. The van der Waals surface area contributed by atoms with E-state index in [1.54, 1.807) is 20.8 Å². The Bertz CT molecular complexity index is 3030. The SMILES string of the molecule is C=CC(=O)Oc1c(Cc2cc(C)cc(C(C)(C)C)c2OC(=O)OC(C)(C)C)cc(C)cc1C(C)(C)CCC(C)(C)c1cc(C(C)(C)CC)cc(C(C)c2cc(C(C)(C)CC)cc(C(C)(C)CC)c2OC(=O)C=C)c1OC(=O)OC(C)(C)C. The topological polar surface area (TPSA) is 124 Å². The first-order valence-corrected chi connectivity index (χ1v) is 29.5. The van der Waals surface area contributed by atoms with Crippen LogP contribution in [0.4, 0.5) is 9.59 Å². The summed E-state index contributed by atoms with van der Waals surface area (Å²) in [6, 6.07) is 16.9. The Labute approximate surface area is 494 Å². The molecule has 0 saturated carbocycles. The van der Waals surface area contributed by atoms with Crippen LogP contribution in [0.15, 0.2) is 73.8 Å². The van der Waals surface area contributed by atoms with E-state index in [2.05, 4.69) is 161 Å². The van der Waals surface area contributed by atoms with E-state index in [0.717, 1.165) is 86.0 Å². The molecular weight excluding hydrogens is 1020 g/mol. The van der Waals surface area contributed by atoms with Crippen LogP contribution in [0.1, 0.15) is 264 Å². The summed E-state index contributed by atoms with van der Waals surface area (Å²) in [4.78, 5) is 54.8. The summed E-state index contributed by atoms with van der Waals surface area (Å²) >= 11 is 0. The van der Waals surface area contributed by atoms with E-state index in [4.69, 9.17) is 28.4 Å². The van der Waals surface area contributed by atoms with E-state index in [9.17, 15) is 19.2 Å². The fourth-order valence-electron chi connectivity index (χ4n) is 10.1. The maximum atomic E-state index is 14.3. The lowest BCUT2D eigenvalue weighted by Crippen LogP contribution is -2.30. The van der Waals surface area contributed by atoms with Gasteiger partial charge in [0.15, 0.2) is 0 Å². The van der Waals surface area contributed by atoms with Crippen molar-refractivity contribution in [1.82, 2.24) is 0 Å². The molecule has 1 unspecified atom stereocenters. The maximum absolute atomic E-state index is 14.3. The van der Waals surface area contributed by atoms with Crippen LogP contribution < -0.4 is 18.9 Å². The van der Waals surface area contributed by atoms with Gasteiger partial charge in [-0.15, -0.1) is 0 Å². The number of rotatable bonds is 21. The van der Waals surface area contributed by atoms with Gasteiger partial charge in [0, 0.05) is 69.0 Å². The van der Waals surface area contributed by atoms with Crippen LogP contribution in [0.3, 0.4) is 0 Å². The number of aryl methyl sites for hydroxylation is 2. The van der Waals surface area contributed by atoms with Crippen molar-refractivity contribution in [3.05, 3.63) is 141 Å². The second-order valence-corrected chi connectivity index (χ2v) is 29.0. The van der Waals surface area contributed by atoms with Crippen LogP contribution in [0, 0.1) is 13.8 Å². The molecule has 10 nitrogen and oxygen atoms in total. The number of benzene rings is 4. The normalized spacial score (nSPS) is 13.2. The molecule has 0 heterocycles. The van der Waals surface area contributed by atoms with Crippen LogP contribution in [-0.4, -0.2) is 35.5 Å². The Balaban J connectivity index is 2.09. The highest BCUT2D eigenvalue weighted by Crippen LogP contribution is 2.51. The van der Waals surface area contributed by atoms with Crippen molar-refractivity contribution < 1.29 is 47.6 Å². The van der Waals surface area contributed by atoms with Crippen LogP contribution in [-0.2, 0) is 58.0 Å². The van der Waals surface area contributed by atoms with Crippen LogP contribution in [0.5, 0.6) is 23.0 Å². The summed E-state index contributed by atoms with van der Waals surface area (Å²) in [7, 11) is 0. The predicted molar refractivity (Wildman–Crippen MR) is 335 cm³/mol. The highest BCUT2D eigenvalue weighted by Gasteiger charge is 2.39. The molecule has 0 aromatic heterocycles. The van der Waals surface area contributed by atoms with Crippen molar-refractivity contribution in [1.29, 1.82) is 0 Å². The number of carbonyl (C=O) groups is 4. The zero-order valence-corrected chi connectivity index (χ0v) is 55.1. The maximum Gasteiger partial charge on any atom is 0.514 e. The molecule has 10 heteroatoms.